The number of hydrogen-bond acceptors (Lipinski definition) is 3. The van der Waals surface area contributed by atoms with Crippen molar-refractivity contribution in [2.24, 2.45) is 0 Å². The average Bonchev–Trinajstić information content (AvgIpc) is 2.94. The van der Waals surface area contributed by atoms with E-state index in [9.17, 15) is 9.59 Å². The first-order chi connectivity index (χ1) is 18.4. The van der Waals surface area contributed by atoms with Gasteiger partial charge in [0.1, 0.15) is 11.8 Å². The summed E-state index contributed by atoms with van der Waals surface area (Å²) >= 11 is 12.1. The Labute approximate surface area is 233 Å². The third-order valence-corrected chi connectivity index (χ3v) is 6.68. The molecule has 38 heavy (non-hydrogen) atoms. The van der Waals surface area contributed by atoms with E-state index >= 15 is 0 Å². The van der Waals surface area contributed by atoms with Gasteiger partial charge in [-0.25, -0.2) is 0 Å². The molecule has 4 rings (SSSR count). The number of hydrogen-bond donors (Lipinski definition) is 1. The molecule has 2 amide bonds. The summed E-state index contributed by atoms with van der Waals surface area (Å²) in [6.45, 7) is 0.484. The van der Waals surface area contributed by atoms with Crippen LogP contribution in [0.1, 0.15) is 28.3 Å². The molecule has 4 aromatic rings. The monoisotopic (exact) mass is 546 g/mol. The first kappa shape index (κ1) is 27.2. The van der Waals surface area contributed by atoms with Crippen molar-refractivity contribution in [3.8, 4) is 5.75 Å². The third-order valence-electron chi connectivity index (χ3n) is 6.18. The molecule has 0 aliphatic carbocycles. The molecule has 1 atom stereocenters. The molecule has 0 spiro atoms. The molecule has 1 N–H and O–H groups in total. The number of methoxy groups -OCH3 is 1. The van der Waals surface area contributed by atoms with Crippen molar-refractivity contribution in [1.29, 1.82) is 0 Å². The maximum absolute atomic E-state index is 13.8. The van der Waals surface area contributed by atoms with Gasteiger partial charge in [0.2, 0.25) is 11.8 Å². The molecule has 194 valence electrons. The summed E-state index contributed by atoms with van der Waals surface area (Å²) in [6, 6.07) is 30.4. The Morgan fingerprint density at radius 2 is 1.37 bits per heavy atom. The molecule has 0 aliphatic heterocycles. The van der Waals surface area contributed by atoms with Gasteiger partial charge < -0.3 is 15.0 Å². The molecule has 0 aromatic heterocycles. The predicted molar refractivity (Wildman–Crippen MR) is 151 cm³/mol. The van der Waals surface area contributed by atoms with Crippen LogP contribution in [0.25, 0.3) is 0 Å². The zero-order chi connectivity index (χ0) is 26.9. The lowest BCUT2D eigenvalue weighted by Gasteiger charge is -2.32. The van der Waals surface area contributed by atoms with Crippen molar-refractivity contribution in [2.45, 2.75) is 25.6 Å². The largest absolute Gasteiger partial charge is 0.496 e. The number of ether oxygens (including phenoxy) is 1. The first-order valence-corrected chi connectivity index (χ1v) is 12.9. The van der Waals surface area contributed by atoms with Crippen LogP contribution in [-0.2, 0) is 29.1 Å². The van der Waals surface area contributed by atoms with Gasteiger partial charge in [-0.15, -0.1) is 0 Å². The molecule has 0 saturated heterocycles. The van der Waals surface area contributed by atoms with Gasteiger partial charge in [-0.1, -0.05) is 96.0 Å². The molecule has 1 unspecified atom stereocenters. The SMILES string of the molecule is COc1ccccc1CNC(=O)C(c1ccccc1)N(Cc1ccc(Cl)cc1)C(=O)Cc1ccc(Cl)cc1. The van der Waals surface area contributed by atoms with Crippen LogP contribution in [0.15, 0.2) is 103 Å². The van der Waals surface area contributed by atoms with E-state index in [1.165, 1.54) is 0 Å². The highest BCUT2D eigenvalue weighted by atomic mass is 35.5. The van der Waals surface area contributed by atoms with E-state index in [0.29, 0.717) is 21.4 Å². The minimum Gasteiger partial charge on any atom is -0.496 e. The van der Waals surface area contributed by atoms with Crippen LogP contribution in [0.3, 0.4) is 0 Å². The van der Waals surface area contributed by atoms with Crippen LogP contribution in [0.4, 0.5) is 0 Å². The zero-order valence-electron chi connectivity index (χ0n) is 20.9. The predicted octanol–water partition coefficient (Wildman–Crippen LogP) is 6.63. The molecule has 0 bridgehead atoms. The van der Waals surface area contributed by atoms with Gasteiger partial charge in [-0.3, -0.25) is 9.59 Å². The number of carbonyl (C=O) groups is 2. The number of nitrogens with one attached hydrogen (secondary N) is 1. The Hall–Kier alpha value is -3.80. The van der Waals surface area contributed by atoms with Crippen LogP contribution in [0.5, 0.6) is 5.75 Å². The second kappa shape index (κ2) is 13.1. The molecule has 0 aliphatic rings. The molecule has 0 heterocycles. The van der Waals surface area contributed by atoms with Gasteiger partial charge in [-0.2, -0.15) is 0 Å². The lowest BCUT2D eigenvalue weighted by Crippen LogP contribution is -2.43. The Morgan fingerprint density at radius 1 is 0.789 bits per heavy atom. The van der Waals surface area contributed by atoms with Crippen LogP contribution in [0, 0.1) is 0 Å². The molecule has 5 nitrogen and oxygen atoms in total. The lowest BCUT2D eigenvalue weighted by molar-refractivity contribution is -0.141. The van der Waals surface area contributed by atoms with Crippen LogP contribution < -0.4 is 10.1 Å². The zero-order valence-corrected chi connectivity index (χ0v) is 22.5. The van der Waals surface area contributed by atoms with Crippen molar-refractivity contribution >= 4 is 35.0 Å². The number of para-hydroxylation sites is 1. The second-order valence-corrected chi connectivity index (χ2v) is 9.67. The van der Waals surface area contributed by atoms with E-state index in [2.05, 4.69) is 5.32 Å². The molecule has 0 saturated carbocycles. The summed E-state index contributed by atoms with van der Waals surface area (Å²) in [4.78, 5) is 29.3. The quantitative estimate of drug-likeness (QED) is 0.243. The summed E-state index contributed by atoms with van der Waals surface area (Å²) in [5.41, 5.74) is 3.22. The topological polar surface area (TPSA) is 58.6 Å². The average molecular weight is 547 g/mol. The molecule has 7 heteroatoms. The summed E-state index contributed by atoms with van der Waals surface area (Å²) in [5, 5.41) is 4.22. The normalized spacial score (nSPS) is 11.4. The van der Waals surface area contributed by atoms with Crippen LogP contribution in [0.2, 0.25) is 10.0 Å². The number of benzene rings is 4. The fourth-order valence-electron chi connectivity index (χ4n) is 4.22. The fourth-order valence-corrected chi connectivity index (χ4v) is 4.48. The second-order valence-electron chi connectivity index (χ2n) is 8.79. The highest BCUT2D eigenvalue weighted by Gasteiger charge is 2.31. The van der Waals surface area contributed by atoms with Gasteiger partial charge in [0.25, 0.3) is 0 Å². The first-order valence-electron chi connectivity index (χ1n) is 12.2. The van der Waals surface area contributed by atoms with Crippen molar-refractivity contribution in [1.82, 2.24) is 10.2 Å². The number of nitrogens with zero attached hydrogens (tertiary/aromatic N) is 1. The van der Waals surface area contributed by atoms with Crippen LogP contribution >= 0.6 is 23.2 Å². The summed E-state index contributed by atoms with van der Waals surface area (Å²) in [6.07, 6.45) is 0.119. The van der Waals surface area contributed by atoms with Gasteiger partial charge in [-0.05, 0) is 47.0 Å². The standard InChI is InChI=1S/C31H28Cl2N2O3/c1-38-28-10-6-5-9-25(28)20-34-31(37)30(24-7-3-2-4-8-24)35(21-23-13-17-27(33)18-14-23)29(36)19-22-11-15-26(32)16-12-22/h2-18,30H,19-21H2,1H3,(H,34,37). The Morgan fingerprint density at radius 3 is 2.00 bits per heavy atom. The van der Waals surface area contributed by atoms with Gasteiger partial charge >= 0.3 is 0 Å². The smallest absolute Gasteiger partial charge is 0.247 e. The molecule has 0 radical (unpaired) electrons. The highest BCUT2D eigenvalue weighted by Crippen LogP contribution is 2.26. The lowest BCUT2D eigenvalue weighted by atomic mass is 10.0. The maximum Gasteiger partial charge on any atom is 0.247 e. The summed E-state index contributed by atoms with van der Waals surface area (Å²) in [5.74, 6) is 0.199. The van der Waals surface area contributed by atoms with E-state index in [0.717, 1.165) is 16.7 Å². The summed E-state index contributed by atoms with van der Waals surface area (Å²) in [7, 11) is 1.59. The fraction of sp³-hybridized carbons (Fsp3) is 0.161. The van der Waals surface area contributed by atoms with Crippen LogP contribution in [-0.4, -0.2) is 23.8 Å². The number of carbonyl (C=O) groups excluding carboxylic acids is 2. The van der Waals surface area contributed by atoms with E-state index in [1.54, 1.807) is 36.3 Å². The van der Waals surface area contributed by atoms with Crippen molar-refractivity contribution < 1.29 is 14.3 Å². The van der Waals surface area contributed by atoms with Gasteiger partial charge in [0.05, 0.1) is 13.5 Å². The molecular formula is C31H28Cl2N2O3. The maximum atomic E-state index is 13.8. The summed E-state index contributed by atoms with van der Waals surface area (Å²) < 4.78 is 5.44. The number of halogens is 2. The molecular weight excluding hydrogens is 519 g/mol. The van der Waals surface area contributed by atoms with E-state index in [4.69, 9.17) is 27.9 Å². The van der Waals surface area contributed by atoms with Gasteiger partial charge in [0, 0.05) is 28.7 Å². The molecule has 4 aromatic carbocycles. The highest BCUT2D eigenvalue weighted by molar-refractivity contribution is 6.30. The third kappa shape index (κ3) is 7.15. The van der Waals surface area contributed by atoms with Crippen molar-refractivity contribution in [3.63, 3.8) is 0 Å². The van der Waals surface area contributed by atoms with E-state index < -0.39 is 6.04 Å². The van der Waals surface area contributed by atoms with Crippen molar-refractivity contribution in [2.75, 3.05) is 7.11 Å². The minimum absolute atomic E-state index is 0.119. The van der Waals surface area contributed by atoms with E-state index in [-0.39, 0.29) is 31.3 Å². The van der Waals surface area contributed by atoms with Gasteiger partial charge in [0.15, 0.2) is 0 Å². The Kier molecular flexibility index (Phi) is 9.41. The Balaban J connectivity index is 1.67. The number of amides is 2. The molecule has 0 fully saturated rings. The van der Waals surface area contributed by atoms with Crippen molar-refractivity contribution in [3.05, 3.63) is 135 Å². The minimum atomic E-state index is -0.860. The Bertz CT molecular complexity index is 1360. The van der Waals surface area contributed by atoms with E-state index in [1.807, 2.05) is 78.9 Å². The number of rotatable bonds is 10.